The van der Waals surface area contributed by atoms with Crippen LogP contribution in [0.2, 0.25) is 0 Å². The van der Waals surface area contributed by atoms with Gasteiger partial charge in [-0.2, -0.15) is 0 Å². The van der Waals surface area contributed by atoms with E-state index in [1.165, 1.54) is 0 Å². The number of carbonyl (C=O) groups is 1. The molecule has 0 spiro atoms. The summed E-state index contributed by atoms with van der Waals surface area (Å²) in [6, 6.07) is 0. The fourth-order valence-electron chi connectivity index (χ4n) is 1.83. The smallest absolute Gasteiger partial charge is 0.165 e. The lowest BCUT2D eigenvalue weighted by Crippen LogP contribution is -2.41. The third-order valence-electron chi connectivity index (χ3n) is 3.06. The minimum Gasteiger partial charge on any atom is -0.396 e. The molecule has 0 aromatic rings. The van der Waals surface area contributed by atoms with Gasteiger partial charge < -0.3 is 10.4 Å². The van der Waals surface area contributed by atoms with Crippen LogP contribution in [0.15, 0.2) is 22.8 Å². The van der Waals surface area contributed by atoms with Crippen LogP contribution in [-0.4, -0.2) is 34.4 Å². The lowest BCUT2D eigenvalue weighted by atomic mass is 9.97. The van der Waals surface area contributed by atoms with Gasteiger partial charge in [-0.25, -0.2) is 0 Å². The molecule has 0 atom stereocenters. The van der Waals surface area contributed by atoms with Crippen LogP contribution >= 0.6 is 23.8 Å². The van der Waals surface area contributed by atoms with Gasteiger partial charge in [-0.05, 0) is 26.3 Å². The van der Waals surface area contributed by atoms with Crippen molar-refractivity contribution in [1.82, 2.24) is 5.32 Å². The van der Waals surface area contributed by atoms with Crippen LogP contribution < -0.4 is 5.32 Å². The van der Waals surface area contributed by atoms with Gasteiger partial charge in [0.2, 0.25) is 0 Å². The van der Waals surface area contributed by atoms with Crippen molar-refractivity contribution in [2.24, 2.45) is 0 Å². The molecule has 0 aromatic heterocycles. The SMILES string of the molecule is CC(C)(CCO)NCCC(=O)C1=CC(Cl)=CCC1=S. The van der Waals surface area contributed by atoms with E-state index >= 15 is 0 Å². The number of hydrogen-bond acceptors (Lipinski definition) is 4. The van der Waals surface area contributed by atoms with Crippen molar-refractivity contribution in [1.29, 1.82) is 0 Å². The van der Waals surface area contributed by atoms with E-state index in [1.54, 1.807) is 6.08 Å². The van der Waals surface area contributed by atoms with Crippen LogP contribution in [-0.2, 0) is 4.79 Å². The minimum atomic E-state index is -0.173. The van der Waals surface area contributed by atoms with Crippen molar-refractivity contribution in [3.8, 4) is 0 Å². The molecule has 0 unspecified atom stereocenters. The van der Waals surface area contributed by atoms with Crippen LogP contribution in [0, 0.1) is 0 Å². The van der Waals surface area contributed by atoms with E-state index in [2.05, 4.69) is 5.32 Å². The molecule has 106 valence electrons. The van der Waals surface area contributed by atoms with E-state index in [0.29, 0.717) is 41.3 Å². The van der Waals surface area contributed by atoms with Gasteiger partial charge in [0, 0.05) is 47.0 Å². The Morgan fingerprint density at radius 1 is 1.58 bits per heavy atom. The molecule has 19 heavy (non-hydrogen) atoms. The molecule has 0 radical (unpaired) electrons. The number of halogens is 1. The standard InChI is InChI=1S/C14H20ClNO2S/c1-14(2,6-8-17)16-7-5-12(18)11-9-10(15)3-4-13(11)19/h3,9,16-17H,4-8H2,1-2H3. The molecule has 3 nitrogen and oxygen atoms in total. The zero-order valence-electron chi connectivity index (χ0n) is 11.3. The molecule has 0 saturated carbocycles. The van der Waals surface area contributed by atoms with Gasteiger partial charge in [0.05, 0.1) is 0 Å². The largest absolute Gasteiger partial charge is 0.396 e. The third kappa shape index (κ3) is 5.53. The summed E-state index contributed by atoms with van der Waals surface area (Å²) in [4.78, 5) is 12.7. The number of Topliss-reactive ketones (excluding diaryl/α,β-unsaturated/α-hetero) is 1. The Labute approximate surface area is 124 Å². The summed E-state index contributed by atoms with van der Waals surface area (Å²) in [5.41, 5.74) is 0.387. The maximum atomic E-state index is 12.1. The van der Waals surface area contributed by atoms with Crippen molar-refractivity contribution in [3.63, 3.8) is 0 Å². The Morgan fingerprint density at radius 3 is 2.89 bits per heavy atom. The average Bonchev–Trinajstić information content (AvgIpc) is 2.31. The summed E-state index contributed by atoms with van der Waals surface area (Å²) in [6.07, 6.45) is 5.05. The Bertz CT molecular complexity index is 427. The highest BCUT2D eigenvalue weighted by molar-refractivity contribution is 7.81. The second-order valence-electron chi connectivity index (χ2n) is 5.23. The number of rotatable bonds is 7. The molecule has 0 fully saturated rings. The van der Waals surface area contributed by atoms with Gasteiger partial charge in [0.15, 0.2) is 5.78 Å². The molecular formula is C14H20ClNO2S. The molecule has 1 aliphatic carbocycles. The van der Waals surface area contributed by atoms with Crippen LogP contribution in [0.3, 0.4) is 0 Å². The summed E-state index contributed by atoms with van der Waals surface area (Å²) in [6.45, 7) is 4.69. The monoisotopic (exact) mass is 301 g/mol. The molecule has 5 heteroatoms. The first-order valence-corrected chi connectivity index (χ1v) is 7.14. The zero-order chi connectivity index (χ0) is 14.5. The highest BCUT2D eigenvalue weighted by atomic mass is 35.5. The van der Waals surface area contributed by atoms with Crippen molar-refractivity contribution in [3.05, 3.63) is 22.8 Å². The van der Waals surface area contributed by atoms with Crippen molar-refractivity contribution in [2.45, 2.75) is 38.6 Å². The van der Waals surface area contributed by atoms with Gasteiger partial charge in [0.1, 0.15) is 0 Å². The van der Waals surface area contributed by atoms with Crippen LogP contribution in [0.5, 0.6) is 0 Å². The van der Waals surface area contributed by atoms with E-state index < -0.39 is 0 Å². The van der Waals surface area contributed by atoms with Crippen molar-refractivity contribution < 1.29 is 9.90 Å². The molecular weight excluding hydrogens is 282 g/mol. The van der Waals surface area contributed by atoms with E-state index in [-0.39, 0.29) is 17.9 Å². The lowest BCUT2D eigenvalue weighted by molar-refractivity contribution is -0.115. The first-order chi connectivity index (χ1) is 8.85. The Hall–Kier alpha value is -0.550. The first-order valence-electron chi connectivity index (χ1n) is 6.35. The Kier molecular flexibility index (Phi) is 6.33. The lowest BCUT2D eigenvalue weighted by Gasteiger charge is -2.25. The maximum Gasteiger partial charge on any atom is 0.165 e. The quantitative estimate of drug-likeness (QED) is 0.710. The number of nitrogens with one attached hydrogen (secondary N) is 1. The third-order valence-corrected chi connectivity index (χ3v) is 3.71. The normalized spacial score (nSPS) is 16.1. The molecule has 0 aromatic carbocycles. The summed E-state index contributed by atoms with van der Waals surface area (Å²) in [5.74, 6) is 0.0172. The fourth-order valence-corrected chi connectivity index (χ4v) is 2.27. The van der Waals surface area contributed by atoms with E-state index in [0.717, 1.165) is 0 Å². The summed E-state index contributed by atoms with van der Waals surface area (Å²) in [5, 5.41) is 12.8. The van der Waals surface area contributed by atoms with Gasteiger partial charge in [-0.15, -0.1) is 0 Å². The number of carbonyl (C=O) groups excluding carboxylic acids is 1. The summed E-state index contributed by atoms with van der Waals surface area (Å²) < 4.78 is 0. The summed E-state index contributed by atoms with van der Waals surface area (Å²) in [7, 11) is 0. The Morgan fingerprint density at radius 2 is 2.26 bits per heavy atom. The van der Waals surface area contributed by atoms with Crippen LogP contribution in [0.4, 0.5) is 0 Å². The fraction of sp³-hybridized carbons (Fsp3) is 0.571. The number of aliphatic hydroxyl groups is 1. The minimum absolute atomic E-state index is 0.0172. The Balaban J connectivity index is 2.48. The molecule has 0 saturated heterocycles. The molecule has 1 aliphatic rings. The predicted molar refractivity (Wildman–Crippen MR) is 82.6 cm³/mol. The van der Waals surface area contributed by atoms with Crippen molar-refractivity contribution >= 4 is 34.5 Å². The molecule has 1 rings (SSSR count). The number of ketones is 1. The number of allylic oxidation sites excluding steroid dienone is 4. The van der Waals surface area contributed by atoms with Gasteiger partial charge in [0.25, 0.3) is 0 Å². The molecule has 2 N–H and O–H groups in total. The van der Waals surface area contributed by atoms with E-state index in [4.69, 9.17) is 28.9 Å². The second kappa shape index (κ2) is 7.29. The highest BCUT2D eigenvalue weighted by Crippen LogP contribution is 2.20. The van der Waals surface area contributed by atoms with Crippen LogP contribution in [0.1, 0.15) is 33.1 Å². The van der Waals surface area contributed by atoms with Crippen LogP contribution in [0.25, 0.3) is 0 Å². The molecule has 0 aliphatic heterocycles. The van der Waals surface area contributed by atoms with E-state index in [1.807, 2.05) is 19.9 Å². The maximum absolute atomic E-state index is 12.1. The highest BCUT2D eigenvalue weighted by Gasteiger charge is 2.19. The number of hydrogen-bond donors (Lipinski definition) is 2. The first kappa shape index (κ1) is 16.5. The predicted octanol–water partition coefficient (Wildman–Crippen LogP) is 2.52. The van der Waals surface area contributed by atoms with E-state index in [9.17, 15) is 4.79 Å². The molecule has 0 heterocycles. The number of thiocarbonyl (C=S) groups is 1. The average molecular weight is 302 g/mol. The van der Waals surface area contributed by atoms with Gasteiger partial charge in [-0.3, -0.25) is 4.79 Å². The van der Waals surface area contributed by atoms with Gasteiger partial charge in [-0.1, -0.05) is 29.9 Å². The number of aliphatic hydroxyl groups excluding tert-OH is 1. The second-order valence-corrected chi connectivity index (χ2v) is 6.16. The topological polar surface area (TPSA) is 49.3 Å². The van der Waals surface area contributed by atoms with Gasteiger partial charge >= 0.3 is 0 Å². The molecule has 0 amide bonds. The zero-order valence-corrected chi connectivity index (χ0v) is 12.9. The van der Waals surface area contributed by atoms with Crippen molar-refractivity contribution in [2.75, 3.05) is 13.2 Å². The summed E-state index contributed by atoms with van der Waals surface area (Å²) >= 11 is 11.1. The molecule has 0 bridgehead atoms.